The lowest BCUT2D eigenvalue weighted by Crippen LogP contribution is -2.43. The summed E-state index contributed by atoms with van der Waals surface area (Å²) >= 11 is 0. The maximum absolute atomic E-state index is 13.1. The molecule has 1 aliphatic rings. The molecule has 0 saturated heterocycles. The molecule has 1 heterocycles. The molecule has 5 nitrogen and oxygen atoms in total. The van der Waals surface area contributed by atoms with E-state index in [1.165, 1.54) is 0 Å². The second kappa shape index (κ2) is 8.24. The highest BCUT2D eigenvalue weighted by Gasteiger charge is 2.35. The summed E-state index contributed by atoms with van der Waals surface area (Å²) in [7, 11) is 0. The molecule has 0 spiro atoms. The molecule has 7 heteroatoms. The van der Waals surface area contributed by atoms with Crippen molar-refractivity contribution in [1.82, 2.24) is 4.90 Å². The zero-order valence-electron chi connectivity index (χ0n) is 15.2. The van der Waals surface area contributed by atoms with Gasteiger partial charge in [0, 0.05) is 17.8 Å². The Balaban J connectivity index is 2.10. The quantitative estimate of drug-likeness (QED) is 0.763. The molecule has 27 heavy (non-hydrogen) atoms. The van der Waals surface area contributed by atoms with E-state index < -0.39 is 12.8 Å². The number of amides is 1. The van der Waals surface area contributed by atoms with E-state index in [-0.39, 0.29) is 17.4 Å². The van der Waals surface area contributed by atoms with Crippen molar-refractivity contribution in [2.24, 2.45) is 0 Å². The molecule has 0 saturated carbocycles. The Morgan fingerprint density at radius 1 is 1.15 bits per heavy atom. The number of rotatable bonds is 7. The molecule has 1 aliphatic heterocycles. The van der Waals surface area contributed by atoms with E-state index in [0.29, 0.717) is 30.0 Å². The highest BCUT2D eigenvalue weighted by Crippen LogP contribution is 2.41. The van der Waals surface area contributed by atoms with Crippen molar-refractivity contribution in [3.8, 4) is 11.5 Å². The second-order valence-electron chi connectivity index (χ2n) is 6.08. The van der Waals surface area contributed by atoms with E-state index in [9.17, 15) is 13.6 Å². The number of ether oxygens (including phenoxy) is 2. The minimum atomic E-state index is -3.00. The standard InChI is InChI=1S/C20H22F2N2O3/c1-3-12-24-18(23-15-10-6-5-8-13(15)19(24)25)14-9-7-11-16(26-4-2)17(14)27-20(21)22/h5-11,18,20,23H,3-4,12H2,1-2H3/t18-/m1/s1. The maximum Gasteiger partial charge on any atom is 0.387 e. The van der Waals surface area contributed by atoms with Crippen molar-refractivity contribution in [3.05, 3.63) is 53.6 Å². The number of carbonyl (C=O) groups is 1. The number of nitrogens with zero attached hydrogens (tertiary/aromatic N) is 1. The Morgan fingerprint density at radius 3 is 2.63 bits per heavy atom. The monoisotopic (exact) mass is 376 g/mol. The maximum atomic E-state index is 13.1. The number of para-hydroxylation sites is 2. The first-order chi connectivity index (χ1) is 13.1. The van der Waals surface area contributed by atoms with Crippen LogP contribution < -0.4 is 14.8 Å². The summed E-state index contributed by atoms with van der Waals surface area (Å²) in [6.45, 7) is 1.50. The van der Waals surface area contributed by atoms with Crippen LogP contribution in [0.1, 0.15) is 42.4 Å². The van der Waals surface area contributed by atoms with E-state index in [4.69, 9.17) is 9.47 Å². The molecular weight excluding hydrogens is 354 g/mol. The molecule has 3 rings (SSSR count). The van der Waals surface area contributed by atoms with Crippen molar-refractivity contribution in [2.75, 3.05) is 18.5 Å². The summed E-state index contributed by atoms with van der Waals surface area (Å²) in [4.78, 5) is 14.6. The van der Waals surface area contributed by atoms with Crippen molar-refractivity contribution in [1.29, 1.82) is 0 Å². The first kappa shape index (κ1) is 18.9. The number of anilines is 1. The lowest BCUT2D eigenvalue weighted by Gasteiger charge is -2.38. The van der Waals surface area contributed by atoms with Crippen LogP contribution in [-0.4, -0.2) is 30.6 Å². The molecule has 0 fully saturated rings. The van der Waals surface area contributed by atoms with Crippen LogP contribution in [0.25, 0.3) is 0 Å². The molecule has 1 N–H and O–H groups in total. The molecule has 0 radical (unpaired) electrons. The third-order valence-electron chi connectivity index (χ3n) is 4.30. The van der Waals surface area contributed by atoms with Crippen LogP contribution in [-0.2, 0) is 0 Å². The first-order valence-corrected chi connectivity index (χ1v) is 8.93. The van der Waals surface area contributed by atoms with Gasteiger partial charge in [-0.15, -0.1) is 0 Å². The number of fused-ring (bicyclic) bond motifs is 1. The molecule has 0 bridgehead atoms. The second-order valence-corrected chi connectivity index (χ2v) is 6.08. The van der Waals surface area contributed by atoms with Crippen LogP contribution in [0.4, 0.5) is 14.5 Å². The lowest BCUT2D eigenvalue weighted by molar-refractivity contribution is -0.0525. The molecule has 1 amide bonds. The van der Waals surface area contributed by atoms with Gasteiger partial charge in [-0.3, -0.25) is 4.79 Å². The minimum Gasteiger partial charge on any atom is -0.490 e. The Labute approximate surface area is 156 Å². The topological polar surface area (TPSA) is 50.8 Å². The van der Waals surface area contributed by atoms with Crippen molar-refractivity contribution >= 4 is 11.6 Å². The summed E-state index contributed by atoms with van der Waals surface area (Å²) in [6.07, 6.45) is 0.0870. The average molecular weight is 376 g/mol. The van der Waals surface area contributed by atoms with Gasteiger partial charge >= 0.3 is 6.61 Å². The fourth-order valence-corrected chi connectivity index (χ4v) is 3.24. The highest BCUT2D eigenvalue weighted by molar-refractivity contribution is 6.01. The van der Waals surface area contributed by atoms with E-state index >= 15 is 0 Å². The van der Waals surface area contributed by atoms with Crippen molar-refractivity contribution < 1.29 is 23.0 Å². The highest BCUT2D eigenvalue weighted by atomic mass is 19.3. The summed E-state index contributed by atoms with van der Waals surface area (Å²) in [6, 6.07) is 12.1. The Kier molecular flexibility index (Phi) is 5.78. The number of hydrogen-bond donors (Lipinski definition) is 1. The number of nitrogens with one attached hydrogen (secondary N) is 1. The zero-order chi connectivity index (χ0) is 19.4. The SMILES string of the molecule is CCCN1C(=O)c2ccccc2N[C@H]1c1cccc(OCC)c1OC(F)F. The van der Waals surface area contributed by atoms with Gasteiger partial charge in [0.1, 0.15) is 6.17 Å². The number of hydrogen-bond acceptors (Lipinski definition) is 4. The predicted molar refractivity (Wildman–Crippen MR) is 98.4 cm³/mol. The molecule has 0 aromatic heterocycles. The molecule has 2 aromatic carbocycles. The number of alkyl halides is 2. The average Bonchev–Trinajstić information content (AvgIpc) is 2.65. The van der Waals surface area contributed by atoms with E-state index in [2.05, 4.69) is 5.32 Å². The van der Waals surface area contributed by atoms with E-state index in [0.717, 1.165) is 6.42 Å². The van der Waals surface area contributed by atoms with Crippen LogP contribution >= 0.6 is 0 Å². The van der Waals surface area contributed by atoms with Gasteiger partial charge in [-0.25, -0.2) is 0 Å². The third kappa shape index (κ3) is 3.82. The molecule has 2 aromatic rings. The summed E-state index contributed by atoms with van der Waals surface area (Å²) in [5, 5.41) is 3.29. The van der Waals surface area contributed by atoms with Crippen LogP contribution in [0.5, 0.6) is 11.5 Å². The van der Waals surface area contributed by atoms with Gasteiger partial charge in [0.25, 0.3) is 5.91 Å². The van der Waals surface area contributed by atoms with Crippen LogP contribution in [0.15, 0.2) is 42.5 Å². The smallest absolute Gasteiger partial charge is 0.387 e. The number of carbonyl (C=O) groups excluding carboxylic acids is 1. The van der Waals surface area contributed by atoms with Gasteiger partial charge < -0.3 is 19.7 Å². The fraction of sp³-hybridized carbons (Fsp3) is 0.350. The molecule has 0 unspecified atom stereocenters. The van der Waals surface area contributed by atoms with Crippen molar-refractivity contribution in [3.63, 3.8) is 0 Å². The number of benzene rings is 2. The van der Waals surface area contributed by atoms with Crippen LogP contribution in [0.3, 0.4) is 0 Å². The fourth-order valence-electron chi connectivity index (χ4n) is 3.24. The zero-order valence-corrected chi connectivity index (χ0v) is 15.2. The van der Waals surface area contributed by atoms with Crippen LogP contribution in [0.2, 0.25) is 0 Å². The Hall–Kier alpha value is -2.83. The summed E-state index contributed by atoms with van der Waals surface area (Å²) in [5.74, 6) is 0.0148. The van der Waals surface area contributed by atoms with Crippen molar-refractivity contribution in [2.45, 2.75) is 33.0 Å². The summed E-state index contributed by atoms with van der Waals surface area (Å²) in [5.41, 5.74) is 1.64. The molecule has 0 aliphatic carbocycles. The largest absolute Gasteiger partial charge is 0.490 e. The van der Waals surface area contributed by atoms with Crippen LogP contribution in [0, 0.1) is 0 Å². The van der Waals surface area contributed by atoms with Gasteiger partial charge in [-0.05, 0) is 31.5 Å². The van der Waals surface area contributed by atoms with Gasteiger partial charge in [0.05, 0.1) is 12.2 Å². The van der Waals surface area contributed by atoms with Gasteiger partial charge in [-0.1, -0.05) is 31.2 Å². The summed E-state index contributed by atoms with van der Waals surface area (Å²) < 4.78 is 36.4. The van der Waals surface area contributed by atoms with Gasteiger partial charge in [0.2, 0.25) is 0 Å². The third-order valence-corrected chi connectivity index (χ3v) is 4.30. The van der Waals surface area contributed by atoms with Gasteiger partial charge in [-0.2, -0.15) is 8.78 Å². The Bertz CT molecular complexity index is 814. The molecule has 144 valence electrons. The molecular formula is C20H22F2N2O3. The van der Waals surface area contributed by atoms with E-state index in [1.54, 1.807) is 48.2 Å². The van der Waals surface area contributed by atoms with Gasteiger partial charge in [0.15, 0.2) is 11.5 Å². The lowest BCUT2D eigenvalue weighted by atomic mass is 10.0. The minimum absolute atomic E-state index is 0.0554. The predicted octanol–water partition coefficient (Wildman–Crippen LogP) is 4.66. The normalized spacial score (nSPS) is 16.1. The Morgan fingerprint density at radius 2 is 1.93 bits per heavy atom. The van der Waals surface area contributed by atoms with E-state index in [1.807, 2.05) is 13.0 Å². The number of halogens is 2. The molecule has 1 atom stereocenters. The first-order valence-electron chi connectivity index (χ1n) is 8.93.